The van der Waals surface area contributed by atoms with Gasteiger partial charge in [0.05, 0.1) is 0 Å². The van der Waals surface area contributed by atoms with Gasteiger partial charge in [0.15, 0.2) is 0 Å². The number of sulfonamides is 1. The lowest BCUT2D eigenvalue weighted by Gasteiger charge is -2.26. The van der Waals surface area contributed by atoms with Crippen LogP contribution in [0.2, 0.25) is 0 Å². The smallest absolute Gasteiger partial charge is 0.252 e. The Bertz CT molecular complexity index is 436. The summed E-state index contributed by atoms with van der Waals surface area (Å²) in [6.45, 7) is 2.58. The quantitative estimate of drug-likeness (QED) is 0.902. The van der Waals surface area contributed by atoms with Crippen molar-refractivity contribution in [3.05, 3.63) is 17.5 Å². The summed E-state index contributed by atoms with van der Waals surface area (Å²) >= 11 is 1.27. The minimum atomic E-state index is -3.27. The maximum absolute atomic E-state index is 12.2. The van der Waals surface area contributed by atoms with Crippen molar-refractivity contribution < 1.29 is 8.42 Å². The average Bonchev–Trinajstić information content (AvgIpc) is 2.84. The lowest BCUT2D eigenvalue weighted by Crippen LogP contribution is -2.38. The van der Waals surface area contributed by atoms with Gasteiger partial charge in [-0.3, -0.25) is 0 Å². The first-order valence-corrected chi connectivity index (χ1v) is 8.13. The summed E-state index contributed by atoms with van der Waals surface area (Å²) in [5.41, 5.74) is 0. The average molecular weight is 274 g/mol. The Labute approximate surface area is 107 Å². The van der Waals surface area contributed by atoms with Crippen molar-refractivity contribution in [2.45, 2.75) is 17.1 Å². The lowest BCUT2D eigenvalue weighted by atomic mass is 10.00. The molecule has 0 radical (unpaired) electrons. The molecule has 1 aromatic rings. The third-order valence-electron chi connectivity index (χ3n) is 3.07. The minimum Gasteiger partial charge on any atom is -0.316 e. The molecule has 17 heavy (non-hydrogen) atoms. The number of rotatable bonds is 4. The molecule has 1 fully saturated rings. The first-order chi connectivity index (χ1) is 8.10. The molecule has 0 bridgehead atoms. The van der Waals surface area contributed by atoms with Gasteiger partial charge in [0.25, 0.3) is 10.0 Å². The van der Waals surface area contributed by atoms with Gasteiger partial charge < -0.3 is 5.32 Å². The molecule has 0 aliphatic carbocycles. The standard InChI is InChI=1S/C11H18N2O2S2/c1-13(9-10-4-2-6-12-8-10)17(14,15)11-5-3-7-16-11/h3,5,7,10,12H,2,4,6,8-9H2,1H3/t10-/m1/s1. The van der Waals surface area contributed by atoms with Crippen molar-refractivity contribution in [1.82, 2.24) is 9.62 Å². The Morgan fingerprint density at radius 1 is 1.59 bits per heavy atom. The summed E-state index contributed by atoms with van der Waals surface area (Å²) in [6.07, 6.45) is 2.24. The van der Waals surface area contributed by atoms with E-state index in [0.29, 0.717) is 16.7 Å². The number of nitrogens with one attached hydrogen (secondary N) is 1. The van der Waals surface area contributed by atoms with Crippen LogP contribution in [0.1, 0.15) is 12.8 Å². The first kappa shape index (κ1) is 13.0. The molecule has 1 N–H and O–H groups in total. The van der Waals surface area contributed by atoms with Gasteiger partial charge in [0, 0.05) is 13.6 Å². The largest absolute Gasteiger partial charge is 0.316 e. The van der Waals surface area contributed by atoms with E-state index in [0.717, 1.165) is 25.9 Å². The molecule has 1 aliphatic heterocycles. The van der Waals surface area contributed by atoms with Crippen molar-refractivity contribution in [3.8, 4) is 0 Å². The van der Waals surface area contributed by atoms with Gasteiger partial charge in [-0.15, -0.1) is 11.3 Å². The zero-order valence-electron chi connectivity index (χ0n) is 9.93. The first-order valence-electron chi connectivity index (χ1n) is 5.81. The number of piperidine rings is 1. The van der Waals surface area contributed by atoms with Crippen LogP contribution >= 0.6 is 11.3 Å². The van der Waals surface area contributed by atoms with Crippen LogP contribution in [-0.2, 0) is 10.0 Å². The highest BCUT2D eigenvalue weighted by Gasteiger charge is 2.25. The molecule has 0 unspecified atom stereocenters. The van der Waals surface area contributed by atoms with E-state index in [4.69, 9.17) is 0 Å². The maximum atomic E-state index is 12.2. The van der Waals surface area contributed by atoms with E-state index < -0.39 is 10.0 Å². The van der Waals surface area contributed by atoms with Crippen LogP contribution < -0.4 is 5.32 Å². The third-order valence-corrected chi connectivity index (χ3v) is 6.27. The second-order valence-electron chi connectivity index (χ2n) is 4.43. The highest BCUT2D eigenvalue weighted by Crippen LogP contribution is 2.21. The van der Waals surface area contributed by atoms with Crippen LogP contribution in [0.5, 0.6) is 0 Å². The number of hydrogen-bond acceptors (Lipinski definition) is 4. The Morgan fingerprint density at radius 3 is 3.00 bits per heavy atom. The summed E-state index contributed by atoms with van der Waals surface area (Å²) in [7, 11) is -1.60. The van der Waals surface area contributed by atoms with Crippen LogP contribution in [0.3, 0.4) is 0 Å². The van der Waals surface area contributed by atoms with E-state index in [2.05, 4.69) is 5.32 Å². The molecule has 1 aliphatic rings. The summed E-state index contributed by atoms with van der Waals surface area (Å²) in [5, 5.41) is 5.10. The van der Waals surface area contributed by atoms with Crippen molar-refractivity contribution in [3.63, 3.8) is 0 Å². The van der Waals surface area contributed by atoms with E-state index in [1.165, 1.54) is 15.6 Å². The van der Waals surface area contributed by atoms with E-state index in [1.807, 2.05) is 0 Å². The molecule has 0 saturated carbocycles. The molecule has 1 atom stereocenters. The van der Waals surface area contributed by atoms with Gasteiger partial charge in [-0.25, -0.2) is 8.42 Å². The van der Waals surface area contributed by atoms with Crippen LogP contribution in [0.4, 0.5) is 0 Å². The Balaban J connectivity index is 2.01. The van der Waals surface area contributed by atoms with Gasteiger partial charge in [0.2, 0.25) is 0 Å². The van der Waals surface area contributed by atoms with Gasteiger partial charge >= 0.3 is 0 Å². The minimum absolute atomic E-state index is 0.434. The fourth-order valence-electron chi connectivity index (χ4n) is 2.11. The molecule has 96 valence electrons. The van der Waals surface area contributed by atoms with E-state index in [1.54, 1.807) is 24.6 Å². The number of nitrogens with zero attached hydrogens (tertiary/aromatic N) is 1. The van der Waals surface area contributed by atoms with Gasteiger partial charge in [0.1, 0.15) is 4.21 Å². The highest BCUT2D eigenvalue weighted by atomic mass is 32.2. The van der Waals surface area contributed by atoms with E-state index >= 15 is 0 Å². The Kier molecular flexibility index (Phi) is 4.19. The monoisotopic (exact) mass is 274 g/mol. The SMILES string of the molecule is CN(C[C@@H]1CCCNC1)S(=O)(=O)c1cccs1. The number of hydrogen-bond donors (Lipinski definition) is 1. The molecule has 1 saturated heterocycles. The Hall–Kier alpha value is -0.430. The van der Waals surface area contributed by atoms with Crippen molar-refractivity contribution >= 4 is 21.4 Å². The molecule has 2 heterocycles. The van der Waals surface area contributed by atoms with Gasteiger partial charge in [-0.1, -0.05) is 6.07 Å². The fraction of sp³-hybridized carbons (Fsp3) is 0.636. The summed E-state index contributed by atoms with van der Waals surface area (Å²) in [4.78, 5) is 0. The number of thiophene rings is 1. The molecule has 6 heteroatoms. The second kappa shape index (κ2) is 5.48. The topological polar surface area (TPSA) is 49.4 Å². The molecule has 0 spiro atoms. The molecular formula is C11H18N2O2S2. The molecule has 2 rings (SSSR count). The van der Waals surface area contributed by atoms with Crippen LogP contribution in [-0.4, -0.2) is 39.4 Å². The Morgan fingerprint density at radius 2 is 2.41 bits per heavy atom. The molecular weight excluding hydrogens is 256 g/mol. The fourth-order valence-corrected chi connectivity index (χ4v) is 4.55. The van der Waals surface area contributed by atoms with Crippen molar-refractivity contribution in [2.75, 3.05) is 26.7 Å². The lowest BCUT2D eigenvalue weighted by molar-refractivity contribution is 0.315. The molecule has 1 aromatic heterocycles. The normalized spacial score (nSPS) is 21.9. The predicted molar refractivity (Wildman–Crippen MR) is 69.7 cm³/mol. The van der Waals surface area contributed by atoms with Crippen LogP contribution in [0.25, 0.3) is 0 Å². The third kappa shape index (κ3) is 3.07. The van der Waals surface area contributed by atoms with Crippen LogP contribution in [0, 0.1) is 5.92 Å². The van der Waals surface area contributed by atoms with E-state index in [-0.39, 0.29) is 0 Å². The van der Waals surface area contributed by atoms with Crippen molar-refractivity contribution in [1.29, 1.82) is 0 Å². The summed E-state index contributed by atoms with van der Waals surface area (Å²) in [5.74, 6) is 0.434. The van der Waals surface area contributed by atoms with Gasteiger partial charge in [-0.05, 0) is 43.3 Å². The highest BCUT2D eigenvalue weighted by molar-refractivity contribution is 7.91. The zero-order chi connectivity index (χ0) is 12.3. The second-order valence-corrected chi connectivity index (χ2v) is 7.65. The predicted octanol–water partition coefficient (Wildman–Crippen LogP) is 1.37. The zero-order valence-corrected chi connectivity index (χ0v) is 11.6. The van der Waals surface area contributed by atoms with E-state index in [9.17, 15) is 8.42 Å². The van der Waals surface area contributed by atoms with Crippen LogP contribution in [0.15, 0.2) is 21.7 Å². The van der Waals surface area contributed by atoms with Crippen molar-refractivity contribution in [2.24, 2.45) is 5.92 Å². The summed E-state index contributed by atoms with van der Waals surface area (Å²) in [6, 6.07) is 3.43. The molecule has 0 aromatic carbocycles. The maximum Gasteiger partial charge on any atom is 0.252 e. The summed E-state index contributed by atoms with van der Waals surface area (Å²) < 4.78 is 26.3. The molecule has 0 amide bonds. The van der Waals surface area contributed by atoms with Gasteiger partial charge in [-0.2, -0.15) is 4.31 Å². The molecule has 4 nitrogen and oxygen atoms in total.